The van der Waals surface area contributed by atoms with Crippen LogP contribution in [-0.4, -0.2) is 58.0 Å². The molecule has 29 heavy (non-hydrogen) atoms. The largest absolute Gasteiger partial charge is 0.382 e. The molecule has 1 aromatic carbocycles. The van der Waals surface area contributed by atoms with Gasteiger partial charge in [0.1, 0.15) is 0 Å². The van der Waals surface area contributed by atoms with Crippen molar-refractivity contribution in [2.24, 2.45) is 0 Å². The lowest BCUT2D eigenvalue weighted by atomic mass is 10.0. The van der Waals surface area contributed by atoms with E-state index in [4.69, 9.17) is 0 Å². The number of aromatic nitrogens is 3. The van der Waals surface area contributed by atoms with Gasteiger partial charge in [-0.05, 0) is 63.4 Å². The molecule has 0 bridgehead atoms. The molecule has 2 fully saturated rings. The fourth-order valence-corrected chi connectivity index (χ4v) is 3.98. The molecule has 0 radical (unpaired) electrons. The lowest BCUT2D eigenvalue weighted by molar-refractivity contribution is 0.0712. The molecule has 7 nitrogen and oxygen atoms in total. The van der Waals surface area contributed by atoms with Gasteiger partial charge in [0.25, 0.3) is 5.91 Å². The number of hydrogen-bond acceptors (Lipinski definition) is 5. The van der Waals surface area contributed by atoms with Gasteiger partial charge < -0.3 is 15.5 Å². The highest BCUT2D eigenvalue weighted by Gasteiger charge is 2.26. The fourth-order valence-electron chi connectivity index (χ4n) is 3.98. The Morgan fingerprint density at radius 3 is 2.55 bits per heavy atom. The first-order valence-corrected chi connectivity index (χ1v) is 9.94. The average Bonchev–Trinajstić information content (AvgIpc) is 3.19. The van der Waals surface area contributed by atoms with Gasteiger partial charge in [-0.25, -0.2) is 4.68 Å². The summed E-state index contributed by atoms with van der Waals surface area (Å²) in [6.45, 7) is 5.60. The van der Waals surface area contributed by atoms with E-state index in [1.807, 2.05) is 15.8 Å². The number of carbonyl (C=O) groups is 1. The minimum atomic E-state index is 0. The summed E-state index contributed by atoms with van der Waals surface area (Å²) in [4.78, 5) is 14.7. The molecule has 9 heteroatoms. The Labute approximate surface area is 184 Å². The minimum absolute atomic E-state index is 0. The first-order valence-electron chi connectivity index (χ1n) is 9.94. The molecular formula is C20H30Cl2N6O. The normalized spacial score (nSPS) is 17.9. The number of carbonyl (C=O) groups excluding carboxylic acids is 1. The number of piperidine rings is 2. The van der Waals surface area contributed by atoms with E-state index in [0.717, 1.165) is 57.5 Å². The molecule has 1 amide bonds. The maximum atomic E-state index is 12.8. The minimum Gasteiger partial charge on any atom is -0.382 e. The Kier molecular flexibility index (Phi) is 8.74. The van der Waals surface area contributed by atoms with Gasteiger partial charge in [-0.2, -0.15) is 0 Å². The lowest BCUT2D eigenvalue weighted by Gasteiger charge is -2.32. The summed E-state index contributed by atoms with van der Waals surface area (Å²) >= 11 is 0. The third-order valence-electron chi connectivity index (χ3n) is 5.58. The Morgan fingerprint density at radius 1 is 1.14 bits per heavy atom. The smallest absolute Gasteiger partial charge is 0.276 e. The first-order chi connectivity index (χ1) is 13.2. The van der Waals surface area contributed by atoms with Crippen molar-refractivity contribution in [1.29, 1.82) is 0 Å². The number of halogens is 2. The standard InChI is InChI=1S/C20H28N6O.2ClH/c1-15-3-2-4-17(13-15)22-16-7-11-25(12-8-16)20(27)19-14-26(24-23-19)18-5-9-21-10-6-18;;/h2-4,13-14,16,18,21-22H,5-12H2,1H3;2*1H. The highest BCUT2D eigenvalue weighted by Crippen LogP contribution is 2.20. The molecule has 4 rings (SSSR count). The van der Waals surface area contributed by atoms with Gasteiger partial charge in [-0.3, -0.25) is 4.79 Å². The lowest BCUT2D eigenvalue weighted by Crippen LogP contribution is -2.42. The van der Waals surface area contributed by atoms with Crippen LogP contribution in [0.15, 0.2) is 30.5 Å². The fraction of sp³-hybridized carbons (Fsp3) is 0.550. The SMILES string of the molecule is Cc1cccc(NC2CCN(C(=O)c3cn(C4CCNCC4)nn3)CC2)c1.Cl.Cl. The molecule has 2 aliphatic heterocycles. The predicted octanol–water partition coefficient (Wildman–Crippen LogP) is 3.07. The summed E-state index contributed by atoms with van der Waals surface area (Å²) in [7, 11) is 0. The number of aryl methyl sites for hydroxylation is 1. The molecule has 3 heterocycles. The zero-order chi connectivity index (χ0) is 18.6. The molecule has 1 aromatic heterocycles. The number of nitrogens with zero attached hydrogens (tertiary/aromatic N) is 4. The first kappa shape index (κ1) is 23.4. The number of anilines is 1. The van der Waals surface area contributed by atoms with E-state index >= 15 is 0 Å². The summed E-state index contributed by atoms with van der Waals surface area (Å²) < 4.78 is 1.88. The number of nitrogens with one attached hydrogen (secondary N) is 2. The van der Waals surface area contributed by atoms with Crippen molar-refractivity contribution in [3.63, 3.8) is 0 Å². The topological polar surface area (TPSA) is 75.1 Å². The third kappa shape index (κ3) is 5.84. The second-order valence-electron chi connectivity index (χ2n) is 7.65. The van der Waals surface area contributed by atoms with Crippen LogP contribution in [-0.2, 0) is 0 Å². The number of benzene rings is 1. The maximum Gasteiger partial charge on any atom is 0.276 e. The summed E-state index contributed by atoms with van der Waals surface area (Å²) in [6.07, 6.45) is 5.79. The van der Waals surface area contributed by atoms with Crippen LogP contribution in [0.3, 0.4) is 0 Å². The summed E-state index contributed by atoms with van der Waals surface area (Å²) in [6, 6.07) is 9.19. The van der Waals surface area contributed by atoms with Crippen molar-refractivity contribution >= 4 is 36.4 Å². The Morgan fingerprint density at radius 2 is 1.86 bits per heavy atom. The molecular weight excluding hydrogens is 411 g/mol. The van der Waals surface area contributed by atoms with Gasteiger partial charge in [0.2, 0.25) is 0 Å². The van der Waals surface area contributed by atoms with E-state index in [1.54, 1.807) is 0 Å². The van der Waals surface area contributed by atoms with Crippen LogP contribution >= 0.6 is 24.8 Å². The predicted molar refractivity (Wildman–Crippen MR) is 119 cm³/mol. The van der Waals surface area contributed by atoms with Crippen LogP contribution < -0.4 is 10.6 Å². The molecule has 0 unspecified atom stereocenters. The van der Waals surface area contributed by atoms with Crippen LogP contribution in [0, 0.1) is 6.92 Å². The molecule has 160 valence electrons. The van der Waals surface area contributed by atoms with E-state index in [2.05, 4.69) is 52.1 Å². The monoisotopic (exact) mass is 440 g/mol. The molecule has 2 aliphatic rings. The molecule has 2 aromatic rings. The van der Waals surface area contributed by atoms with Crippen molar-refractivity contribution in [3.05, 3.63) is 41.7 Å². The summed E-state index contributed by atoms with van der Waals surface area (Å²) in [5, 5.41) is 15.3. The Balaban J connectivity index is 0.00000150. The zero-order valence-electron chi connectivity index (χ0n) is 16.7. The van der Waals surface area contributed by atoms with E-state index in [0.29, 0.717) is 17.8 Å². The molecule has 2 saturated heterocycles. The average molecular weight is 441 g/mol. The van der Waals surface area contributed by atoms with Crippen LogP contribution in [0.2, 0.25) is 0 Å². The van der Waals surface area contributed by atoms with Gasteiger partial charge in [-0.1, -0.05) is 17.3 Å². The quantitative estimate of drug-likeness (QED) is 0.763. The van der Waals surface area contributed by atoms with Gasteiger partial charge in [0.15, 0.2) is 5.69 Å². The summed E-state index contributed by atoms with van der Waals surface area (Å²) in [5.41, 5.74) is 2.88. The van der Waals surface area contributed by atoms with E-state index in [9.17, 15) is 4.79 Å². The number of amides is 1. The molecule has 0 saturated carbocycles. The maximum absolute atomic E-state index is 12.8. The molecule has 0 aliphatic carbocycles. The van der Waals surface area contributed by atoms with Crippen LogP contribution in [0.1, 0.15) is 47.8 Å². The van der Waals surface area contributed by atoms with Crippen LogP contribution in [0.5, 0.6) is 0 Å². The van der Waals surface area contributed by atoms with Crippen LogP contribution in [0.4, 0.5) is 5.69 Å². The Hall–Kier alpha value is -1.83. The van der Waals surface area contributed by atoms with Crippen molar-refractivity contribution in [2.45, 2.75) is 44.7 Å². The van der Waals surface area contributed by atoms with Crippen molar-refractivity contribution in [2.75, 3.05) is 31.5 Å². The van der Waals surface area contributed by atoms with Crippen molar-refractivity contribution in [1.82, 2.24) is 25.2 Å². The van der Waals surface area contributed by atoms with Crippen molar-refractivity contribution < 1.29 is 4.79 Å². The zero-order valence-corrected chi connectivity index (χ0v) is 18.3. The van der Waals surface area contributed by atoms with Crippen LogP contribution in [0.25, 0.3) is 0 Å². The Bertz CT molecular complexity index is 785. The molecule has 2 N–H and O–H groups in total. The highest BCUT2D eigenvalue weighted by molar-refractivity contribution is 5.92. The summed E-state index contributed by atoms with van der Waals surface area (Å²) in [5.74, 6) is 0.00388. The van der Waals surface area contributed by atoms with Crippen molar-refractivity contribution in [3.8, 4) is 0 Å². The highest BCUT2D eigenvalue weighted by atomic mass is 35.5. The second kappa shape index (κ2) is 10.8. The third-order valence-corrected chi connectivity index (χ3v) is 5.58. The number of rotatable bonds is 4. The van der Waals surface area contributed by atoms with Gasteiger partial charge in [0, 0.05) is 24.8 Å². The molecule has 0 spiro atoms. The van der Waals surface area contributed by atoms with Gasteiger partial charge >= 0.3 is 0 Å². The van der Waals surface area contributed by atoms with Gasteiger partial charge in [0.05, 0.1) is 12.2 Å². The number of hydrogen-bond donors (Lipinski definition) is 2. The van der Waals surface area contributed by atoms with E-state index < -0.39 is 0 Å². The van der Waals surface area contributed by atoms with E-state index in [-0.39, 0.29) is 30.7 Å². The number of likely N-dealkylation sites (tertiary alicyclic amines) is 1. The second-order valence-corrected chi connectivity index (χ2v) is 7.65. The van der Waals surface area contributed by atoms with E-state index in [1.165, 1.54) is 5.56 Å². The van der Waals surface area contributed by atoms with Gasteiger partial charge in [-0.15, -0.1) is 29.9 Å². The molecule has 0 atom stereocenters.